The summed E-state index contributed by atoms with van der Waals surface area (Å²) in [5, 5.41) is 10.6. The first-order valence-corrected chi connectivity index (χ1v) is 9.10. The van der Waals surface area contributed by atoms with Gasteiger partial charge >= 0.3 is 0 Å². The maximum Gasteiger partial charge on any atom is 0.256 e. The zero-order valence-corrected chi connectivity index (χ0v) is 15.8. The van der Waals surface area contributed by atoms with Gasteiger partial charge in [-0.15, -0.1) is 10.2 Å². The second kappa shape index (κ2) is 7.26. The van der Waals surface area contributed by atoms with Gasteiger partial charge in [0.05, 0.1) is 0 Å². The molecule has 0 unspecified atom stereocenters. The van der Waals surface area contributed by atoms with E-state index in [-0.39, 0.29) is 11.8 Å². The van der Waals surface area contributed by atoms with E-state index in [1.165, 1.54) is 6.92 Å². The predicted molar refractivity (Wildman–Crippen MR) is 104 cm³/mol. The Bertz CT molecular complexity index is 1020. The Morgan fingerprint density at radius 2 is 1.79 bits per heavy atom. The lowest BCUT2D eigenvalue weighted by molar-refractivity contribution is -0.114. The Kier molecular flexibility index (Phi) is 4.64. The molecule has 0 spiro atoms. The molecule has 28 heavy (non-hydrogen) atoms. The number of carbonyl (C=O) groups is 2. The summed E-state index contributed by atoms with van der Waals surface area (Å²) < 4.78 is 1.84. The highest BCUT2D eigenvalue weighted by molar-refractivity contribution is 5.95. The molecule has 2 aromatic heterocycles. The quantitative estimate of drug-likeness (QED) is 0.738. The molecule has 0 radical (unpaired) electrons. The monoisotopic (exact) mass is 379 g/mol. The number of piperazine rings is 1. The largest absolute Gasteiger partial charge is 0.353 e. The van der Waals surface area contributed by atoms with Gasteiger partial charge in [-0.25, -0.2) is 0 Å². The summed E-state index contributed by atoms with van der Waals surface area (Å²) in [6, 6.07) is 8.97. The second-order valence-electron chi connectivity index (χ2n) is 6.79. The average molecular weight is 379 g/mol. The molecule has 1 saturated heterocycles. The van der Waals surface area contributed by atoms with E-state index in [1.807, 2.05) is 22.3 Å². The molecule has 1 aliphatic rings. The second-order valence-corrected chi connectivity index (χ2v) is 6.79. The molecular weight excluding hydrogens is 358 g/mol. The fourth-order valence-electron chi connectivity index (χ4n) is 3.33. The summed E-state index contributed by atoms with van der Waals surface area (Å²) >= 11 is 0. The van der Waals surface area contributed by atoms with Gasteiger partial charge in [-0.3, -0.25) is 14.0 Å². The predicted octanol–water partition coefficient (Wildman–Crippen LogP) is 1.35. The lowest BCUT2D eigenvalue weighted by atomic mass is 10.1. The molecule has 1 N–H and O–H groups in total. The molecule has 9 nitrogen and oxygen atoms in total. The van der Waals surface area contributed by atoms with Crippen LogP contribution in [0.25, 0.3) is 5.78 Å². The van der Waals surface area contributed by atoms with Crippen LogP contribution >= 0.6 is 0 Å². The average Bonchev–Trinajstić information content (AvgIpc) is 3.17. The number of nitrogens with zero attached hydrogens (tertiary/aromatic N) is 6. The fourth-order valence-corrected chi connectivity index (χ4v) is 3.33. The van der Waals surface area contributed by atoms with E-state index in [9.17, 15) is 9.59 Å². The Morgan fingerprint density at radius 1 is 1.07 bits per heavy atom. The SMILES string of the molecule is CC(=O)Nc1ccc(C(=O)N2CCN(c3cc(C)n4cnnc4n3)CC2)cc1. The molecular formula is C19H21N7O2. The molecule has 2 amide bonds. The number of aromatic nitrogens is 4. The first kappa shape index (κ1) is 17.9. The molecule has 0 bridgehead atoms. The van der Waals surface area contributed by atoms with Crippen molar-refractivity contribution in [2.75, 3.05) is 36.4 Å². The van der Waals surface area contributed by atoms with Crippen molar-refractivity contribution < 1.29 is 9.59 Å². The van der Waals surface area contributed by atoms with Crippen LogP contribution in [0.3, 0.4) is 0 Å². The van der Waals surface area contributed by atoms with Gasteiger partial charge in [0.15, 0.2) is 0 Å². The van der Waals surface area contributed by atoms with Crippen LogP contribution in [0.4, 0.5) is 11.5 Å². The summed E-state index contributed by atoms with van der Waals surface area (Å²) in [5.74, 6) is 1.28. The molecule has 0 saturated carbocycles. The molecule has 0 atom stereocenters. The van der Waals surface area contributed by atoms with Crippen LogP contribution in [0.1, 0.15) is 23.0 Å². The summed E-state index contributed by atoms with van der Waals surface area (Å²) in [6.45, 7) is 6.08. The number of aryl methyl sites for hydroxylation is 1. The Balaban J connectivity index is 1.41. The maximum atomic E-state index is 12.8. The molecule has 1 aliphatic heterocycles. The number of hydrogen-bond donors (Lipinski definition) is 1. The minimum atomic E-state index is -0.136. The van der Waals surface area contributed by atoms with Gasteiger partial charge in [0.2, 0.25) is 5.91 Å². The fraction of sp³-hybridized carbons (Fsp3) is 0.316. The molecule has 1 fully saturated rings. The third-order valence-electron chi connectivity index (χ3n) is 4.81. The van der Waals surface area contributed by atoms with Crippen molar-refractivity contribution in [1.29, 1.82) is 0 Å². The third-order valence-corrected chi connectivity index (χ3v) is 4.81. The van der Waals surface area contributed by atoms with Gasteiger partial charge in [0, 0.05) is 56.1 Å². The van der Waals surface area contributed by atoms with Crippen molar-refractivity contribution >= 4 is 29.1 Å². The van der Waals surface area contributed by atoms with Crippen molar-refractivity contribution in [3.63, 3.8) is 0 Å². The number of nitrogens with one attached hydrogen (secondary N) is 1. The standard InChI is InChI=1S/C19H21N7O2/c1-13-11-17(22-19-23-20-12-26(13)19)24-7-9-25(10-8-24)18(28)15-3-5-16(6-4-15)21-14(2)27/h3-6,11-12H,7-10H2,1-2H3,(H,21,27). The molecule has 9 heteroatoms. The molecule has 3 heterocycles. The van der Waals surface area contributed by atoms with Gasteiger partial charge in [-0.2, -0.15) is 4.98 Å². The van der Waals surface area contributed by atoms with Gasteiger partial charge in [0.25, 0.3) is 11.7 Å². The highest BCUT2D eigenvalue weighted by atomic mass is 16.2. The van der Waals surface area contributed by atoms with Crippen molar-refractivity contribution in [1.82, 2.24) is 24.5 Å². The van der Waals surface area contributed by atoms with Crippen molar-refractivity contribution in [3.8, 4) is 0 Å². The molecule has 144 valence electrons. The minimum Gasteiger partial charge on any atom is -0.353 e. The van der Waals surface area contributed by atoms with Crippen LogP contribution in [0, 0.1) is 6.92 Å². The molecule has 4 rings (SSSR count). The first-order valence-electron chi connectivity index (χ1n) is 9.10. The van der Waals surface area contributed by atoms with Gasteiger partial charge in [0.1, 0.15) is 12.1 Å². The number of benzene rings is 1. The van der Waals surface area contributed by atoms with E-state index in [2.05, 4.69) is 25.4 Å². The summed E-state index contributed by atoms with van der Waals surface area (Å²) in [4.78, 5) is 32.4. The minimum absolute atomic E-state index is 0.00827. The zero-order valence-electron chi connectivity index (χ0n) is 15.8. The van der Waals surface area contributed by atoms with Gasteiger partial charge in [-0.05, 0) is 31.2 Å². The molecule has 3 aromatic rings. The number of carbonyl (C=O) groups excluding carboxylic acids is 2. The van der Waals surface area contributed by atoms with E-state index in [0.29, 0.717) is 43.2 Å². The number of anilines is 2. The lowest BCUT2D eigenvalue weighted by Gasteiger charge is -2.35. The summed E-state index contributed by atoms with van der Waals surface area (Å²) in [5.41, 5.74) is 2.31. The number of fused-ring (bicyclic) bond motifs is 1. The van der Waals surface area contributed by atoms with Gasteiger partial charge < -0.3 is 15.1 Å². The molecule has 0 aliphatic carbocycles. The van der Waals surface area contributed by atoms with Crippen LogP contribution < -0.4 is 10.2 Å². The van der Waals surface area contributed by atoms with Crippen molar-refractivity contribution in [2.24, 2.45) is 0 Å². The topological polar surface area (TPSA) is 95.7 Å². The van der Waals surface area contributed by atoms with Gasteiger partial charge in [-0.1, -0.05) is 0 Å². The Morgan fingerprint density at radius 3 is 2.46 bits per heavy atom. The highest BCUT2D eigenvalue weighted by Gasteiger charge is 2.23. The lowest BCUT2D eigenvalue weighted by Crippen LogP contribution is -2.49. The van der Waals surface area contributed by atoms with Crippen LogP contribution in [0.2, 0.25) is 0 Å². The highest BCUT2D eigenvalue weighted by Crippen LogP contribution is 2.18. The normalized spacial score (nSPS) is 14.4. The van der Waals surface area contributed by atoms with E-state index in [0.717, 1.165) is 11.5 Å². The van der Waals surface area contributed by atoms with Crippen LogP contribution in [-0.2, 0) is 4.79 Å². The number of amides is 2. The van der Waals surface area contributed by atoms with Crippen LogP contribution in [0.5, 0.6) is 0 Å². The summed E-state index contributed by atoms with van der Waals surface area (Å²) in [7, 11) is 0. The maximum absolute atomic E-state index is 12.8. The van der Waals surface area contributed by atoms with E-state index in [1.54, 1.807) is 30.6 Å². The summed E-state index contributed by atoms with van der Waals surface area (Å²) in [6.07, 6.45) is 1.65. The smallest absolute Gasteiger partial charge is 0.256 e. The first-order chi connectivity index (χ1) is 13.5. The Hall–Kier alpha value is -3.49. The number of rotatable bonds is 3. The van der Waals surface area contributed by atoms with Crippen LogP contribution in [-0.4, -0.2) is 62.5 Å². The Labute approximate surface area is 162 Å². The van der Waals surface area contributed by atoms with E-state index in [4.69, 9.17) is 0 Å². The van der Waals surface area contributed by atoms with Crippen LogP contribution in [0.15, 0.2) is 36.7 Å². The van der Waals surface area contributed by atoms with E-state index >= 15 is 0 Å². The number of hydrogen-bond acceptors (Lipinski definition) is 6. The van der Waals surface area contributed by atoms with Crippen molar-refractivity contribution in [3.05, 3.63) is 47.9 Å². The van der Waals surface area contributed by atoms with E-state index < -0.39 is 0 Å². The zero-order chi connectivity index (χ0) is 19.7. The van der Waals surface area contributed by atoms with Crippen molar-refractivity contribution in [2.45, 2.75) is 13.8 Å². The molecule has 1 aromatic carbocycles. The third kappa shape index (κ3) is 3.51.